The molecule has 0 atom stereocenters. The Morgan fingerprint density at radius 1 is 0.267 bits per heavy atom. The lowest BCUT2D eigenvalue weighted by atomic mass is 9.30. The molecule has 0 amide bonds. The standard InChI is InChI=1S/C113H86B2N4O/c1-110(2,3)73-54-57-96-87(61-73)88-62-74(111(4,5)6)55-58-97(88)118(96)78-65-101-106-102(66-78)117(77-39-20-13-21-40-77)100-68-103-95(67-94(100)114(106)92-49-28-30-51-98(92)116(101)76-37-18-12-19-38-76)115-93-50-29-31-52-99(93)119(108-85(69-33-14-10-15-34-69)63-75(112(7,8)9)64-86(108)70-35-16-11-17-36-70)109-80-56-53-71(59-72(80)60-104(120-103)107(109)115)79-44-32-45-84-83-43-24-27-48-91(83)113(105(79)84)89-46-25-22-41-81(89)82-42-23-26-47-90(82)113/h10-68H,1-9H3. The lowest BCUT2D eigenvalue weighted by molar-refractivity contribution is 0.488. The minimum absolute atomic E-state index is 0.0652. The molecule has 0 fully saturated rings. The van der Waals surface area contributed by atoms with Gasteiger partial charge in [-0.05, 0) is 235 Å². The number of hydrogen-bond acceptors (Lipinski definition) is 4. The molecule has 1 spiro atoms. The van der Waals surface area contributed by atoms with Gasteiger partial charge in [0.05, 0.1) is 33.5 Å². The van der Waals surface area contributed by atoms with Gasteiger partial charge >= 0.3 is 0 Å². The number of aromatic nitrogens is 1. The van der Waals surface area contributed by atoms with Crippen LogP contribution in [0.3, 0.4) is 0 Å². The molecule has 1 aromatic heterocycles. The first-order valence-corrected chi connectivity index (χ1v) is 42.6. The summed E-state index contributed by atoms with van der Waals surface area (Å²) in [5, 5.41) is 4.73. The van der Waals surface area contributed by atoms with Gasteiger partial charge in [0.1, 0.15) is 11.5 Å². The molecule has 5 heterocycles. The fourth-order valence-electron chi connectivity index (χ4n) is 21.8. The molecule has 18 aromatic rings. The van der Waals surface area contributed by atoms with Crippen molar-refractivity contribution in [2.24, 2.45) is 0 Å². The van der Waals surface area contributed by atoms with Gasteiger partial charge in [-0.3, -0.25) is 0 Å². The van der Waals surface area contributed by atoms with Crippen molar-refractivity contribution in [3.63, 3.8) is 0 Å². The number of ether oxygens (including phenoxy) is 1. The van der Waals surface area contributed by atoms with Gasteiger partial charge in [0, 0.05) is 73.2 Å². The molecule has 0 saturated carbocycles. The van der Waals surface area contributed by atoms with E-state index in [9.17, 15) is 0 Å². The van der Waals surface area contributed by atoms with Crippen LogP contribution in [0.4, 0.5) is 51.2 Å². The molecule has 570 valence electrons. The molecule has 0 N–H and O–H groups in total. The Balaban J connectivity index is 0.789. The third kappa shape index (κ3) is 10.0. The van der Waals surface area contributed by atoms with Crippen molar-refractivity contribution in [1.29, 1.82) is 0 Å². The first-order chi connectivity index (χ1) is 58.4. The van der Waals surface area contributed by atoms with Crippen molar-refractivity contribution in [3.05, 3.63) is 397 Å². The first kappa shape index (κ1) is 70.3. The highest BCUT2D eigenvalue weighted by Crippen LogP contribution is 2.65. The zero-order chi connectivity index (χ0) is 80.6. The smallest absolute Gasteiger partial charge is 0.256 e. The summed E-state index contributed by atoms with van der Waals surface area (Å²) >= 11 is 0. The molecule has 0 saturated heterocycles. The molecule has 0 radical (unpaired) electrons. The molecule has 5 nitrogen and oxygen atoms in total. The second-order valence-corrected chi connectivity index (χ2v) is 37.0. The summed E-state index contributed by atoms with van der Waals surface area (Å²) in [5.41, 5.74) is 41.0. The summed E-state index contributed by atoms with van der Waals surface area (Å²) in [6.07, 6.45) is 0. The monoisotopic (exact) mass is 1540 g/mol. The van der Waals surface area contributed by atoms with Gasteiger partial charge in [0.2, 0.25) is 0 Å². The van der Waals surface area contributed by atoms with Crippen molar-refractivity contribution in [3.8, 4) is 72.8 Å². The van der Waals surface area contributed by atoms with Crippen LogP contribution in [0, 0.1) is 0 Å². The molecule has 17 aromatic carbocycles. The highest BCUT2D eigenvalue weighted by molar-refractivity contribution is 7.02. The molecular weight excluding hydrogens is 1450 g/mol. The number of rotatable bonds is 7. The van der Waals surface area contributed by atoms with E-state index in [1.807, 2.05) is 0 Å². The van der Waals surface area contributed by atoms with E-state index in [1.54, 1.807) is 0 Å². The lowest BCUT2D eigenvalue weighted by Crippen LogP contribution is -2.64. The summed E-state index contributed by atoms with van der Waals surface area (Å²) in [6, 6.07) is 137. The Kier molecular flexibility index (Phi) is 15.0. The van der Waals surface area contributed by atoms with Gasteiger partial charge in [-0.25, -0.2) is 0 Å². The summed E-state index contributed by atoms with van der Waals surface area (Å²) in [7, 11) is 0. The van der Waals surface area contributed by atoms with Crippen LogP contribution in [-0.2, 0) is 21.7 Å². The number of hydrogen-bond donors (Lipinski definition) is 0. The maximum absolute atomic E-state index is 8.21. The van der Waals surface area contributed by atoms with Crippen molar-refractivity contribution >= 4 is 130 Å². The van der Waals surface area contributed by atoms with Crippen LogP contribution in [0.1, 0.15) is 101 Å². The van der Waals surface area contributed by atoms with Crippen LogP contribution in [-0.4, -0.2) is 18.0 Å². The molecule has 120 heavy (non-hydrogen) atoms. The predicted molar refractivity (Wildman–Crippen MR) is 507 cm³/mol. The summed E-state index contributed by atoms with van der Waals surface area (Å²) in [5.74, 6) is 1.67. The zero-order valence-corrected chi connectivity index (χ0v) is 68.9. The average Bonchev–Trinajstić information content (AvgIpc) is 1.46. The third-order valence-corrected chi connectivity index (χ3v) is 27.2. The number of para-hydroxylation sites is 4. The van der Waals surface area contributed by atoms with E-state index >= 15 is 0 Å². The van der Waals surface area contributed by atoms with Crippen LogP contribution in [0.5, 0.6) is 11.5 Å². The minimum atomic E-state index is -0.566. The predicted octanol–water partition coefficient (Wildman–Crippen LogP) is 25.7. The van der Waals surface area contributed by atoms with E-state index in [0.717, 1.165) is 118 Å². The van der Waals surface area contributed by atoms with Gasteiger partial charge < -0.3 is 24.0 Å². The second kappa shape index (κ2) is 25.6. The Bertz CT molecular complexity index is 7210. The number of anilines is 9. The van der Waals surface area contributed by atoms with Crippen LogP contribution in [0.25, 0.3) is 93.9 Å². The zero-order valence-electron chi connectivity index (χ0n) is 68.9. The highest BCUT2D eigenvalue weighted by Gasteiger charge is 2.54. The Labute approximate surface area is 702 Å². The average molecular weight is 1540 g/mol. The summed E-state index contributed by atoms with van der Waals surface area (Å²) < 4.78 is 10.8. The first-order valence-electron chi connectivity index (χ1n) is 42.6. The number of nitrogens with zero attached hydrogens (tertiary/aromatic N) is 4. The molecule has 6 aliphatic rings. The van der Waals surface area contributed by atoms with Crippen molar-refractivity contribution < 1.29 is 4.74 Å². The molecule has 2 aliphatic carbocycles. The molecular formula is C113H86B2N4O. The highest BCUT2D eigenvalue weighted by atomic mass is 16.5. The Hall–Kier alpha value is -13.9. The molecule has 0 unspecified atom stereocenters. The topological polar surface area (TPSA) is 23.9 Å². The van der Waals surface area contributed by atoms with Gasteiger partial charge in [-0.1, -0.05) is 317 Å². The largest absolute Gasteiger partial charge is 0.458 e. The van der Waals surface area contributed by atoms with E-state index in [4.69, 9.17) is 4.74 Å². The van der Waals surface area contributed by atoms with Crippen LogP contribution in [0.15, 0.2) is 358 Å². The van der Waals surface area contributed by atoms with E-state index in [0.29, 0.717) is 0 Å². The number of benzene rings is 17. The lowest BCUT2D eigenvalue weighted by Gasteiger charge is -2.46. The van der Waals surface area contributed by atoms with Crippen molar-refractivity contribution in [2.45, 2.75) is 84.0 Å². The maximum atomic E-state index is 8.21. The van der Waals surface area contributed by atoms with E-state index in [-0.39, 0.29) is 29.7 Å². The fourth-order valence-corrected chi connectivity index (χ4v) is 21.8. The molecule has 0 bridgehead atoms. The molecule has 24 rings (SSSR count). The van der Waals surface area contributed by atoms with Crippen molar-refractivity contribution in [2.75, 3.05) is 14.7 Å². The summed E-state index contributed by atoms with van der Waals surface area (Å²) in [4.78, 5) is 7.80. The van der Waals surface area contributed by atoms with Crippen LogP contribution < -0.4 is 52.2 Å². The third-order valence-electron chi connectivity index (χ3n) is 27.2. The molecule has 7 heteroatoms. The fraction of sp³-hybridized carbons (Fsp3) is 0.115. The Morgan fingerprint density at radius 2 is 0.725 bits per heavy atom. The quantitative estimate of drug-likeness (QED) is 0.148. The SMILES string of the molecule is CC(C)(C)c1cc(-c2ccccc2)c(N2c3ccccc3B3c4cc5c(cc4Oc4cc6cc(-c7cccc8c7C7(c9ccccc9-c9ccccc97)c7ccccc7-8)ccc6c2c43)N(c2ccccc2)c2cc(-n3c4ccc(C(C)(C)C)cc4c4cc(C(C)(C)C)ccc43)cc3c2B5c2ccccc2N3c2ccccc2)c(-c2ccccc2)c1. The second-order valence-electron chi connectivity index (χ2n) is 37.0. The number of fused-ring (bicyclic) bond motifs is 23. The van der Waals surface area contributed by atoms with E-state index in [2.05, 4.69) is 439 Å². The summed E-state index contributed by atoms with van der Waals surface area (Å²) in [6.45, 7) is 20.5. The Morgan fingerprint density at radius 3 is 1.27 bits per heavy atom. The molecule has 4 aliphatic heterocycles. The van der Waals surface area contributed by atoms with E-state index < -0.39 is 5.41 Å². The van der Waals surface area contributed by atoms with Crippen molar-refractivity contribution in [1.82, 2.24) is 4.57 Å². The van der Waals surface area contributed by atoms with Gasteiger partial charge in [0.15, 0.2) is 0 Å². The van der Waals surface area contributed by atoms with Gasteiger partial charge in [-0.2, -0.15) is 0 Å². The van der Waals surface area contributed by atoms with E-state index in [1.165, 1.54) is 110 Å². The van der Waals surface area contributed by atoms with Gasteiger partial charge in [0.25, 0.3) is 13.4 Å². The van der Waals surface area contributed by atoms with Gasteiger partial charge in [-0.15, -0.1) is 0 Å². The van der Waals surface area contributed by atoms with Crippen LogP contribution in [0.2, 0.25) is 0 Å². The minimum Gasteiger partial charge on any atom is -0.458 e. The van der Waals surface area contributed by atoms with Crippen LogP contribution >= 0.6 is 0 Å². The maximum Gasteiger partial charge on any atom is 0.256 e. The normalized spacial score (nSPS) is 14.1.